The highest BCUT2D eigenvalue weighted by Gasteiger charge is 2.13. The molecule has 0 aliphatic heterocycles. The zero-order chi connectivity index (χ0) is 14.2. The van der Waals surface area contributed by atoms with Gasteiger partial charge in [-0.3, -0.25) is 4.79 Å². The van der Waals surface area contributed by atoms with E-state index in [9.17, 15) is 4.79 Å². The standard InChI is InChI=1S/C18H19NO/c1-2-14-19(15-13-16-9-5-3-6-10-16)18(20)17-11-7-4-8-12-17/h2-12H,1,13-15H2. The van der Waals surface area contributed by atoms with E-state index in [0.717, 1.165) is 12.0 Å². The van der Waals surface area contributed by atoms with Crippen LogP contribution in [0.5, 0.6) is 0 Å². The summed E-state index contributed by atoms with van der Waals surface area (Å²) in [4.78, 5) is 14.3. The van der Waals surface area contributed by atoms with Crippen LogP contribution in [0.2, 0.25) is 0 Å². The van der Waals surface area contributed by atoms with Gasteiger partial charge in [0.1, 0.15) is 0 Å². The lowest BCUT2D eigenvalue weighted by Crippen LogP contribution is -2.33. The summed E-state index contributed by atoms with van der Waals surface area (Å²) in [6.07, 6.45) is 2.62. The minimum atomic E-state index is 0.0569. The normalized spacial score (nSPS) is 10.0. The third-order valence-electron chi connectivity index (χ3n) is 3.17. The topological polar surface area (TPSA) is 20.3 Å². The second kappa shape index (κ2) is 7.29. The van der Waals surface area contributed by atoms with Crippen LogP contribution in [0, 0.1) is 0 Å². The number of hydrogen-bond donors (Lipinski definition) is 0. The second-order valence-electron chi connectivity index (χ2n) is 4.64. The molecule has 0 heterocycles. The Morgan fingerprint density at radius 2 is 1.60 bits per heavy atom. The third kappa shape index (κ3) is 3.82. The molecule has 0 radical (unpaired) electrons. The molecule has 0 bridgehead atoms. The minimum Gasteiger partial charge on any atom is -0.335 e. The highest BCUT2D eigenvalue weighted by Crippen LogP contribution is 2.07. The Hall–Kier alpha value is -2.35. The number of carbonyl (C=O) groups excluding carboxylic acids is 1. The molecule has 0 N–H and O–H groups in total. The zero-order valence-electron chi connectivity index (χ0n) is 11.5. The van der Waals surface area contributed by atoms with Crippen molar-refractivity contribution in [2.45, 2.75) is 6.42 Å². The van der Waals surface area contributed by atoms with E-state index in [2.05, 4.69) is 18.7 Å². The van der Waals surface area contributed by atoms with Crippen molar-refractivity contribution >= 4 is 5.91 Å². The fourth-order valence-corrected chi connectivity index (χ4v) is 2.10. The fourth-order valence-electron chi connectivity index (χ4n) is 2.10. The van der Waals surface area contributed by atoms with Gasteiger partial charge in [-0.05, 0) is 24.1 Å². The van der Waals surface area contributed by atoms with Crippen molar-refractivity contribution in [3.8, 4) is 0 Å². The van der Waals surface area contributed by atoms with Crippen LogP contribution < -0.4 is 0 Å². The Labute approximate surface area is 120 Å². The summed E-state index contributed by atoms with van der Waals surface area (Å²) in [5, 5.41) is 0. The van der Waals surface area contributed by atoms with E-state index in [0.29, 0.717) is 13.1 Å². The van der Waals surface area contributed by atoms with Gasteiger partial charge in [-0.25, -0.2) is 0 Å². The van der Waals surface area contributed by atoms with Gasteiger partial charge in [0, 0.05) is 18.7 Å². The molecule has 0 aliphatic carbocycles. The van der Waals surface area contributed by atoms with Gasteiger partial charge < -0.3 is 4.90 Å². The highest BCUT2D eigenvalue weighted by atomic mass is 16.2. The van der Waals surface area contributed by atoms with Crippen LogP contribution in [-0.2, 0) is 6.42 Å². The Morgan fingerprint density at radius 1 is 1.00 bits per heavy atom. The molecule has 0 aromatic heterocycles. The van der Waals surface area contributed by atoms with E-state index in [1.54, 1.807) is 6.08 Å². The second-order valence-corrected chi connectivity index (χ2v) is 4.64. The quantitative estimate of drug-likeness (QED) is 0.731. The van der Waals surface area contributed by atoms with Gasteiger partial charge in [-0.1, -0.05) is 54.6 Å². The van der Waals surface area contributed by atoms with Crippen molar-refractivity contribution in [3.63, 3.8) is 0 Å². The van der Waals surface area contributed by atoms with Gasteiger partial charge in [-0.15, -0.1) is 6.58 Å². The highest BCUT2D eigenvalue weighted by molar-refractivity contribution is 5.94. The molecule has 2 heteroatoms. The lowest BCUT2D eigenvalue weighted by atomic mass is 10.1. The molecule has 2 aromatic carbocycles. The predicted octanol–water partition coefficient (Wildman–Crippen LogP) is 3.56. The molecule has 0 saturated heterocycles. The van der Waals surface area contributed by atoms with Gasteiger partial charge >= 0.3 is 0 Å². The first kappa shape index (κ1) is 14.1. The smallest absolute Gasteiger partial charge is 0.254 e. The van der Waals surface area contributed by atoms with Crippen LogP contribution in [-0.4, -0.2) is 23.9 Å². The molecule has 0 aliphatic rings. The van der Waals surface area contributed by atoms with Crippen molar-refractivity contribution in [1.29, 1.82) is 0 Å². The van der Waals surface area contributed by atoms with E-state index >= 15 is 0 Å². The van der Waals surface area contributed by atoms with Crippen molar-refractivity contribution in [3.05, 3.63) is 84.4 Å². The molecule has 2 aromatic rings. The molecule has 0 fully saturated rings. The molecule has 2 nitrogen and oxygen atoms in total. The van der Waals surface area contributed by atoms with Crippen LogP contribution in [0.1, 0.15) is 15.9 Å². The van der Waals surface area contributed by atoms with Gasteiger partial charge in [0.25, 0.3) is 5.91 Å². The van der Waals surface area contributed by atoms with Gasteiger partial charge in [-0.2, -0.15) is 0 Å². The maximum Gasteiger partial charge on any atom is 0.254 e. The van der Waals surface area contributed by atoms with Crippen molar-refractivity contribution in [1.82, 2.24) is 4.90 Å². The maximum absolute atomic E-state index is 12.4. The molecular formula is C18H19NO. The number of amides is 1. The van der Waals surface area contributed by atoms with Crippen molar-refractivity contribution < 1.29 is 4.79 Å². The van der Waals surface area contributed by atoms with E-state index in [1.165, 1.54) is 5.56 Å². The van der Waals surface area contributed by atoms with Crippen LogP contribution in [0.25, 0.3) is 0 Å². The Morgan fingerprint density at radius 3 is 2.20 bits per heavy atom. The lowest BCUT2D eigenvalue weighted by Gasteiger charge is -2.21. The molecule has 1 amide bonds. The predicted molar refractivity (Wildman–Crippen MR) is 82.7 cm³/mol. The van der Waals surface area contributed by atoms with E-state index in [1.807, 2.05) is 53.4 Å². The van der Waals surface area contributed by atoms with Gasteiger partial charge in [0.15, 0.2) is 0 Å². The van der Waals surface area contributed by atoms with Gasteiger partial charge in [0.2, 0.25) is 0 Å². The maximum atomic E-state index is 12.4. The Kier molecular flexibility index (Phi) is 5.13. The van der Waals surface area contributed by atoms with Crippen LogP contribution >= 0.6 is 0 Å². The van der Waals surface area contributed by atoms with Gasteiger partial charge in [0.05, 0.1) is 0 Å². The molecule has 2 rings (SSSR count). The summed E-state index contributed by atoms with van der Waals surface area (Å²) >= 11 is 0. The molecule has 0 atom stereocenters. The summed E-state index contributed by atoms with van der Waals surface area (Å²) in [5.41, 5.74) is 1.96. The van der Waals surface area contributed by atoms with Crippen molar-refractivity contribution in [2.24, 2.45) is 0 Å². The van der Waals surface area contributed by atoms with Crippen LogP contribution in [0.4, 0.5) is 0 Å². The molecule has 0 saturated carbocycles. The molecule has 0 spiro atoms. The average molecular weight is 265 g/mol. The monoisotopic (exact) mass is 265 g/mol. The first-order valence-corrected chi connectivity index (χ1v) is 6.80. The van der Waals surface area contributed by atoms with E-state index in [4.69, 9.17) is 0 Å². The molecule has 102 valence electrons. The Balaban J connectivity index is 2.03. The lowest BCUT2D eigenvalue weighted by molar-refractivity contribution is 0.0775. The SMILES string of the molecule is C=CCN(CCc1ccccc1)C(=O)c1ccccc1. The van der Waals surface area contributed by atoms with E-state index < -0.39 is 0 Å². The van der Waals surface area contributed by atoms with Crippen molar-refractivity contribution in [2.75, 3.05) is 13.1 Å². The summed E-state index contributed by atoms with van der Waals surface area (Å²) < 4.78 is 0. The number of hydrogen-bond acceptors (Lipinski definition) is 1. The number of benzene rings is 2. The largest absolute Gasteiger partial charge is 0.335 e. The van der Waals surface area contributed by atoms with E-state index in [-0.39, 0.29) is 5.91 Å². The number of carbonyl (C=O) groups is 1. The Bertz CT molecular complexity index is 548. The minimum absolute atomic E-state index is 0.0569. The first-order chi connectivity index (χ1) is 9.81. The van der Waals surface area contributed by atoms with Crippen LogP contribution in [0.15, 0.2) is 73.3 Å². The molecule has 0 unspecified atom stereocenters. The first-order valence-electron chi connectivity index (χ1n) is 6.80. The van der Waals surface area contributed by atoms with Crippen LogP contribution in [0.3, 0.4) is 0 Å². The number of rotatable bonds is 6. The fraction of sp³-hybridized carbons (Fsp3) is 0.167. The molecule has 20 heavy (non-hydrogen) atoms. The summed E-state index contributed by atoms with van der Waals surface area (Å²) in [6, 6.07) is 19.6. The zero-order valence-corrected chi connectivity index (χ0v) is 11.5. The summed E-state index contributed by atoms with van der Waals surface area (Å²) in [6.45, 7) is 5.01. The molecular weight excluding hydrogens is 246 g/mol. The summed E-state index contributed by atoms with van der Waals surface area (Å²) in [7, 11) is 0. The average Bonchev–Trinajstić information content (AvgIpc) is 2.52. The third-order valence-corrected chi connectivity index (χ3v) is 3.17. The summed E-state index contributed by atoms with van der Waals surface area (Å²) in [5.74, 6) is 0.0569. The number of nitrogens with zero attached hydrogens (tertiary/aromatic N) is 1.